The SMILES string of the molecule is CCOC(=O)NNC(O)=S. The molecular weight excluding hydrogens is 156 g/mol. The third-order valence-corrected chi connectivity index (χ3v) is 0.649. The van der Waals surface area contributed by atoms with Crippen LogP contribution in [0, 0.1) is 0 Å². The minimum absolute atomic E-state index is 0.270. The highest BCUT2D eigenvalue weighted by molar-refractivity contribution is 7.79. The second-order valence-corrected chi connectivity index (χ2v) is 1.66. The molecule has 0 radical (unpaired) electrons. The van der Waals surface area contributed by atoms with E-state index in [1.165, 1.54) is 0 Å². The van der Waals surface area contributed by atoms with Crippen molar-refractivity contribution in [1.29, 1.82) is 0 Å². The highest BCUT2D eigenvalue weighted by Crippen LogP contribution is 1.72. The van der Waals surface area contributed by atoms with Crippen molar-refractivity contribution in [1.82, 2.24) is 10.9 Å². The zero-order chi connectivity index (χ0) is 7.98. The third-order valence-electron chi connectivity index (χ3n) is 0.547. The monoisotopic (exact) mass is 164 g/mol. The van der Waals surface area contributed by atoms with Crippen molar-refractivity contribution in [2.75, 3.05) is 6.61 Å². The second-order valence-electron chi connectivity index (χ2n) is 1.28. The molecule has 0 rings (SSSR count). The maximum Gasteiger partial charge on any atom is 0.426 e. The molecule has 0 heterocycles. The number of thiocarbonyl (C=S) groups is 1. The van der Waals surface area contributed by atoms with Crippen molar-refractivity contribution >= 4 is 23.5 Å². The van der Waals surface area contributed by atoms with Crippen LogP contribution in [0.4, 0.5) is 4.79 Å². The molecule has 58 valence electrons. The van der Waals surface area contributed by atoms with E-state index in [-0.39, 0.29) is 6.61 Å². The quantitative estimate of drug-likeness (QED) is 0.378. The molecule has 0 fully saturated rings. The maximum atomic E-state index is 10.4. The minimum atomic E-state index is -0.682. The summed E-state index contributed by atoms with van der Waals surface area (Å²) in [5, 5.41) is 7.81. The van der Waals surface area contributed by atoms with Gasteiger partial charge in [-0.25, -0.2) is 10.2 Å². The highest BCUT2D eigenvalue weighted by Gasteiger charge is 1.97. The lowest BCUT2D eigenvalue weighted by Crippen LogP contribution is -2.40. The Kier molecular flexibility index (Phi) is 4.30. The Morgan fingerprint density at radius 3 is 2.70 bits per heavy atom. The number of rotatable bonds is 1. The van der Waals surface area contributed by atoms with E-state index in [1.54, 1.807) is 6.92 Å². The molecule has 0 aliphatic rings. The molecule has 10 heavy (non-hydrogen) atoms. The third kappa shape index (κ3) is 5.10. The van der Waals surface area contributed by atoms with Gasteiger partial charge in [-0.15, -0.1) is 0 Å². The Labute approximate surface area is 63.3 Å². The standard InChI is InChI=1S/C4H8N2O3S/c1-2-9-3(7)5-6-4(8)10/h2H2,1H3,(H,5,7)(H2,6,8,10). The lowest BCUT2D eigenvalue weighted by Gasteiger charge is -2.03. The molecular formula is C4H8N2O3S. The fraction of sp³-hybridized carbons (Fsp3) is 0.500. The average Bonchev–Trinajstić information content (AvgIpc) is 1.85. The summed E-state index contributed by atoms with van der Waals surface area (Å²) in [5.74, 6) is 0. The Balaban J connectivity index is 3.30. The van der Waals surface area contributed by atoms with Gasteiger partial charge in [0.15, 0.2) is 0 Å². The van der Waals surface area contributed by atoms with Crippen molar-refractivity contribution in [3.8, 4) is 0 Å². The summed E-state index contributed by atoms with van der Waals surface area (Å²) in [6, 6.07) is 0. The van der Waals surface area contributed by atoms with Gasteiger partial charge in [0.1, 0.15) is 0 Å². The molecule has 0 unspecified atom stereocenters. The first-order chi connectivity index (χ1) is 4.66. The molecule has 0 saturated carbocycles. The molecule has 5 nitrogen and oxygen atoms in total. The summed E-state index contributed by atoms with van der Waals surface area (Å²) in [6.45, 7) is 1.93. The van der Waals surface area contributed by atoms with Gasteiger partial charge in [-0.05, 0) is 19.1 Å². The molecule has 0 saturated heterocycles. The number of hydrogen-bond donors (Lipinski definition) is 3. The number of nitrogens with one attached hydrogen (secondary N) is 2. The lowest BCUT2D eigenvalue weighted by molar-refractivity contribution is 0.149. The van der Waals surface area contributed by atoms with Gasteiger partial charge in [0.2, 0.25) is 0 Å². The first-order valence-electron chi connectivity index (χ1n) is 2.58. The summed E-state index contributed by atoms with van der Waals surface area (Å²) < 4.78 is 4.41. The average molecular weight is 164 g/mol. The predicted octanol–water partition coefficient (Wildman–Crippen LogP) is 0.0800. The van der Waals surface area contributed by atoms with Crippen molar-refractivity contribution in [3.05, 3.63) is 0 Å². The lowest BCUT2D eigenvalue weighted by atomic mass is 10.9. The summed E-state index contributed by atoms with van der Waals surface area (Å²) in [5.41, 5.74) is 3.97. The van der Waals surface area contributed by atoms with E-state index in [9.17, 15) is 4.79 Å². The van der Waals surface area contributed by atoms with Crippen molar-refractivity contribution < 1.29 is 14.6 Å². The van der Waals surface area contributed by atoms with Crippen molar-refractivity contribution in [2.45, 2.75) is 6.92 Å². The second kappa shape index (κ2) is 4.80. The van der Waals surface area contributed by atoms with E-state index >= 15 is 0 Å². The number of hydrogen-bond acceptors (Lipinski definition) is 3. The van der Waals surface area contributed by atoms with E-state index in [4.69, 9.17) is 5.11 Å². The predicted molar refractivity (Wildman–Crippen MR) is 38.5 cm³/mol. The fourth-order valence-electron chi connectivity index (χ4n) is 0.272. The molecule has 6 heteroatoms. The number of aliphatic hydroxyl groups is 1. The summed E-state index contributed by atoms with van der Waals surface area (Å²) in [7, 11) is 0. The first kappa shape index (κ1) is 8.96. The molecule has 1 amide bonds. The van der Waals surface area contributed by atoms with Crippen LogP contribution in [0.2, 0.25) is 0 Å². The molecule has 0 aliphatic heterocycles. The highest BCUT2D eigenvalue weighted by atomic mass is 32.1. The molecule has 0 aromatic rings. The van der Waals surface area contributed by atoms with Crippen LogP contribution < -0.4 is 10.9 Å². The smallest absolute Gasteiger partial charge is 0.426 e. The van der Waals surface area contributed by atoms with E-state index in [0.29, 0.717) is 0 Å². The fourth-order valence-corrected chi connectivity index (χ4v) is 0.323. The Morgan fingerprint density at radius 2 is 2.30 bits per heavy atom. The topological polar surface area (TPSA) is 70.6 Å². The molecule has 0 aromatic carbocycles. The van der Waals surface area contributed by atoms with Crippen LogP contribution in [-0.4, -0.2) is 23.0 Å². The van der Waals surface area contributed by atoms with E-state index in [2.05, 4.69) is 17.0 Å². The van der Waals surface area contributed by atoms with Gasteiger partial charge in [0.25, 0.3) is 5.17 Å². The molecule has 0 atom stereocenters. The van der Waals surface area contributed by atoms with Crippen molar-refractivity contribution in [2.24, 2.45) is 0 Å². The Bertz CT molecular complexity index is 138. The number of carbonyl (C=O) groups is 1. The Morgan fingerprint density at radius 1 is 1.70 bits per heavy atom. The van der Waals surface area contributed by atoms with Gasteiger partial charge >= 0.3 is 6.09 Å². The van der Waals surface area contributed by atoms with Crippen LogP contribution in [0.25, 0.3) is 0 Å². The van der Waals surface area contributed by atoms with E-state index in [0.717, 1.165) is 0 Å². The van der Waals surface area contributed by atoms with Gasteiger partial charge in [-0.2, -0.15) is 0 Å². The molecule has 3 N–H and O–H groups in total. The normalized spacial score (nSPS) is 8.10. The van der Waals surface area contributed by atoms with Crippen LogP contribution in [-0.2, 0) is 4.74 Å². The summed E-state index contributed by atoms with van der Waals surface area (Å²) >= 11 is 4.17. The van der Waals surface area contributed by atoms with E-state index in [1.807, 2.05) is 10.9 Å². The zero-order valence-corrected chi connectivity index (χ0v) is 6.20. The number of carbonyl (C=O) groups excluding carboxylic acids is 1. The first-order valence-corrected chi connectivity index (χ1v) is 2.99. The van der Waals surface area contributed by atoms with Gasteiger partial charge in [-0.1, -0.05) is 0 Å². The van der Waals surface area contributed by atoms with Crippen LogP contribution in [0.1, 0.15) is 6.92 Å². The minimum Gasteiger partial charge on any atom is -0.485 e. The molecule has 0 aromatic heterocycles. The van der Waals surface area contributed by atoms with Gasteiger partial charge in [0.05, 0.1) is 6.61 Å². The molecule has 0 bridgehead atoms. The van der Waals surface area contributed by atoms with Crippen LogP contribution in [0.3, 0.4) is 0 Å². The largest absolute Gasteiger partial charge is 0.485 e. The zero-order valence-electron chi connectivity index (χ0n) is 5.38. The van der Waals surface area contributed by atoms with Crippen LogP contribution in [0.15, 0.2) is 0 Å². The van der Waals surface area contributed by atoms with Crippen LogP contribution in [0.5, 0.6) is 0 Å². The van der Waals surface area contributed by atoms with Gasteiger partial charge < -0.3 is 9.84 Å². The van der Waals surface area contributed by atoms with Gasteiger partial charge in [0, 0.05) is 0 Å². The maximum absolute atomic E-state index is 10.4. The molecule has 0 spiro atoms. The van der Waals surface area contributed by atoms with E-state index < -0.39 is 11.3 Å². The number of amides is 1. The van der Waals surface area contributed by atoms with Gasteiger partial charge in [-0.3, -0.25) is 5.43 Å². The van der Waals surface area contributed by atoms with Crippen molar-refractivity contribution in [3.63, 3.8) is 0 Å². The number of hydrazine groups is 1. The molecule has 0 aliphatic carbocycles. The number of ether oxygens (including phenoxy) is 1. The van der Waals surface area contributed by atoms with Crippen LogP contribution >= 0.6 is 12.2 Å². The summed E-state index contributed by atoms with van der Waals surface area (Å²) in [4.78, 5) is 10.4. The Hall–Kier alpha value is -1.04. The number of aliphatic hydroxyl groups excluding tert-OH is 1. The summed E-state index contributed by atoms with van der Waals surface area (Å²) in [6.07, 6.45) is -0.682.